The Balaban J connectivity index is 1.21. The maximum absolute atomic E-state index is 15.0. The first-order valence-electron chi connectivity index (χ1n) is 15.6. The molecule has 3 N–H and O–H groups in total. The van der Waals surface area contributed by atoms with Gasteiger partial charge >= 0.3 is 0 Å². The second kappa shape index (κ2) is 14.1. The van der Waals surface area contributed by atoms with E-state index in [0.29, 0.717) is 39.9 Å². The first kappa shape index (κ1) is 31.8. The van der Waals surface area contributed by atoms with Crippen LogP contribution in [0.3, 0.4) is 0 Å². The van der Waals surface area contributed by atoms with Gasteiger partial charge in [-0.2, -0.15) is 4.98 Å². The fraction of sp³-hybridized carbons (Fsp3) is 0.438. The molecule has 0 aliphatic carbocycles. The van der Waals surface area contributed by atoms with Crippen molar-refractivity contribution in [2.45, 2.75) is 32.2 Å². The summed E-state index contributed by atoms with van der Waals surface area (Å²) in [4.78, 5) is 24.9. The Hall–Kier alpha value is -4.14. The summed E-state index contributed by atoms with van der Waals surface area (Å²) in [7, 11) is 2.43. The van der Waals surface area contributed by atoms with Gasteiger partial charge in [0.25, 0.3) is 0 Å². The van der Waals surface area contributed by atoms with Crippen LogP contribution in [0, 0.1) is 5.82 Å². The van der Waals surface area contributed by atoms with Crippen LogP contribution in [-0.4, -0.2) is 99.7 Å². The van der Waals surface area contributed by atoms with Crippen LogP contribution in [-0.2, 0) is 17.4 Å². The molecule has 14 heteroatoms. The van der Waals surface area contributed by atoms with Gasteiger partial charge in [-0.05, 0) is 50.1 Å². The van der Waals surface area contributed by atoms with Crippen LogP contribution in [0.5, 0.6) is 5.75 Å². The van der Waals surface area contributed by atoms with Crippen LogP contribution in [0.1, 0.15) is 25.3 Å². The number of benzene rings is 2. The number of halogens is 1. The van der Waals surface area contributed by atoms with Crippen molar-refractivity contribution in [2.75, 3.05) is 79.9 Å². The second-order valence-corrected chi connectivity index (χ2v) is 12.8. The van der Waals surface area contributed by atoms with E-state index in [9.17, 15) is 4.21 Å². The van der Waals surface area contributed by atoms with Gasteiger partial charge in [0, 0.05) is 75.7 Å². The molecule has 6 rings (SSSR count). The lowest BCUT2D eigenvalue weighted by Crippen LogP contribution is -2.52. The molecule has 4 aromatic rings. The number of methoxy groups -OCH3 is 1. The fourth-order valence-electron chi connectivity index (χ4n) is 6.27. The molecule has 1 atom stereocenters. The van der Waals surface area contributed by atoms with Gasteiger partial charge in [0.05, 0.1) is 35.9 Å². The molecule has 2 aliphatic heterocycles. The molecule has 0 amide bonds. The number of likely N-dealkylation sites (N-methyl/N-ethyl adjacent to an activating group) is 1. The van der Waals surface area contributed by atoms with E-state index < -0.39 is 16.8 Å². The molecule has 244 valence electrons. The van der Waals surface area contributed by atoms with E-state index in [4.69, 9.17) is 4.74 Å². The van der Waals surface area contributed by atoms with E-state index in [-0.39, 0.29) is 11.8 Å². The molecular formula is C32H41FN10O2S. The molecule has 0 spiro atoms. The van der Waals surface area contributed by atoms with Gasteiger partial charge in [0.1, 0.15) is 22.3 Å². The predicted octanol–water partition coefficient (Wildman–Crippen LogP) is 4.54. The minimum atomic E-state index is -1.41. The lowest BCUT2D eigenvalue weighted by molar-refractivity contribution is 0.0982. The number of rotatable bonds is 10. The van der Waals surface area contributed by atoms with Crippen LogP contribution in [0.2, 0.25) is 0 Å². The Morgan fingerprint density at radius 3 is 2.48 bits per heavy atom. The van der Waals surface area contributed by atoms with E-state index in [1.54, 1.807) is 31.6 Å². The minimum Gasteiger partial charge on any atom is -0.494 e. The molecule has 0 saturated carbocycles. The average Bonchev–Trinajstić information content (AvgIpc) is 3.07. The van der Waals surface area contributed by atoms with Crippen molar-refractivity contribution in [3.8, 4) is 5.75 Å². The van der Waals surface area contributed by atoms with Gasteiger partial charge in [-0.25, -0.2) is 13.6 Å². The van der Waals surface area contributed by atoms with E-state index >= 15 is 4.39 Å². The van der Waals surface area contributed by atoms with Crippen molar-refractivity contribution in [3.05, 3.63) is 54.2 Å². The average molecular weight is 649 g/mol. The molecule has 4 heterocycles. The van der Waals surface area contributed by atoms with Crippen molar-refractivity contribution >= 4 is 56.5 Å². The molecule has 2 aromatic heterocycles. The zero-order chi connectivity index (χ0) is 32.2. The van der Waals surface area contributed by atoms with E-state index in [2.05, 4.69) is 76.1 Å². The Morgan fingerprint density at radius 1 is 1.00 bits per heavy atom. The summed E-state index contributed by atoms with van der Waals surface area (Å²) in [5.74, 6) is 0.144. The quantitative estimate of drug-likeness (QED) is 0.225. The van der Waals surface area contributed by atoms with Gasteiger partial charge in [0.15, 0.2) is 11.6 Å². The maximum Gasteiger partial charge on any atom is 0.229 e. The smallest absolute Gasteiger partial charge is 0.229 e. The number of aryl methyl sites for hydroxylation is 1. The van der Waals surface area contributed by atoms with E-state index in [0.717, 1.165) is 64.7 Å². The zero-order valence-corrected chi connectivity index (χ0v) is 27.5. The largest absolute Gasteiger partial charge is 0.494 e. The minimum absolute atomic E-state index is 0.0554. The van der Waals surface area contributed by atoms with Crippen LogP contribution in [0.25, 0.3) is 11.0 Å². The summed E-state index contributed by atoms with van der Waals surface area (Å²) < 4.78 is 35.9. The fourth-order valence-corrected chi connectivity index (χ4v) is 6.76. The Labute approximate surface area is 271 Å². The molecule has 46 heavy (non-hydrogen) atoms. The van der Waals surface area contributed by atoms with Gasteiger partial charge in [0.2, 0.25) is 5.95 Å². The molecule has 2 aromatic carbocycles. The topological polar surface area (TPSA) is 124 Å². The van der Waals surface area contributed by atoms with Gasteiger partial charge in [-0.15, -0.1) is 0 Å². The number of piperazine rings is 1. The summed E-state index contributed by atoms with van der Waals surface area (Å²) in [6.45, 7) is 8.71. The standard InChI is InChI=1S/C32H41FN10O2S/c1-5-21-18-26(28(45-3)19-27(21)43-12-8-22(9-13-43)42-16-14-41(2)15-17-42)38-32-36-20-23(33)31(39-32)37-25-7-6-24-29(35-11-10-34-24)30(25)40-46(4)44/h6-7,10-11,18-20,22,40H,5,8-9,12-17H2,1-4H3,(H2,36,37,38,39). The maximum atomic E-state index is 15.0. The molecule has 1 unspecified atom stereocenters. The Kier molecular flexibility index (Phi) is 9.75. The SMILES string of the molecule is CCc1cc(Nc2ncc(F)c(Nc3ccc4nccnc4c3NS(C)=O)n2)c(OC)cc1N1CCC(N2CCN(C)CC2)CC1. The number of ether oxygens (including phenoxy) is 1. The highest BCUT2D eigenvalue weighted by Crippen LogP contribution is 2.37. The number of aromatic nitrogens is 4. The highest BCUT2D eigenvalue weighted by atomic mass is 32.2. The van der Waals surface area contributed by atoms with Crippen molar-refractivity contribution in [3.63, 3.8) is 0 Å². The number of piperidine rings is 1. The number of nitrogens with one attached hydrogen (secondary N) is 3. The highest BCUT2D eigenvalue weighted by molar-refractivity contribution is 7.85. The number of anilines is 6. The molecule has 2 aliphatic rings. The van der Waals surface area contributed by atoms with Gasteiger partial charge in [-0.1, -0.05) is 6.92 Å². The molecular weight excluding hydrogens is 607 g/mol. The second-order valence-electron chi connectivity index (χ2n) is 11.7. The van der Waals surface area contributed by atoms with Crippen molar-refractivity contribution < 1.29 is 13.3 Å². The van der Waals surface area contributed by atoms with Gasteiger partial charge < -0.3 is 29.9 Å². The molecule has 0 radical (unpaired) electrons. The van der Waals surface area contributed by atoms with Crippen molar-refractivity contribution in [1.29, 1.82) is 0 Å². The molecule has 12 nitrogen and oxygen atoms in total. The Bertz CT molecular complexity index is 1710. The Morgan fingerprint density at radius 2 is 1.76 bits per heavy atom. The number of hydrogen-bond donors (Lipinski definition) is 3. The van der Waals surface area contributed by atoms with Crippen LogP contribution >= 0.6 is 0 Å². The molecule has 0 bridgehead atoms. The third kappa shape index (κ3) is 6.98. The summed E-state index contributed by atoms with van der Waals surface area (Å²) >= 11 is 0. The third-order valence-electron chi connectivity index (χ3n) is 8.77. The molecule has 2 fully saturated rings. The summed E-state index contributed by atoms with van der Waals surface area (Å²) in [5.41, 5.74) is 5.02. The number of hydrogen-bond acceptors (Lipinski definition) is 11. The first-order chi connectivity index (χ1) is 22.3. The van der Waals surface area contributed by atoms with E-state index in [1.165, 1.54) is 17.5 Å². The van der Waals surface area contributed by atoms with Crippen molar-refractivity contribution in [1.82, 2.24) is 29.7 Å². The molecule has 2 saturated heterocycles. The third-order valence-corrected chi connectivity index (χ3v) is 9.26. The first-order valence-corrected chi connectivity index (χ1v) is 17.2. The van der Waals surface area contributed by atoms with Crippen molar-refractivity contribution in [2.24, 2.45) is 0 Å². The van der Waals surface area contributed by atoms with Crippen LogP contribution < -0.4 is 25.0 Å². The summed E-state index contributed by atoms with van der Waals surface area (Å²) in [6, 6.07) is 8.25. The summed E-state index contributed by atoms with van der Waals surface area (Å²) in [6.07, 6.45) is 8.85. The van der Waals surface area contributed by atoms with Crippen LogP contribution in [0.15, 0.2) is 42.9 Å². The zero-order valence-electron chi connectivity index (χ0n) is 26.7. The highest BCUT2D eigenvalue weighted by Gasteiger charge is 2.28. The van der Waals surface area contributed by atoms with Crippen LogP contribution in [0.4, 0.5) is 38.9 Å². The number of fused-ring (bicyclic) bond motifs is 1. The lowest BCUT2D eigenvalue weighted by atomic mass is 9.99. The normalized spacial score (nSPS) is 17.2. The van der Waals surface area contributed by atoms with E-state index in [1.807, 2.05) is 0 Å². The monoisotopic (exact) mass is 648 g/mol. The summed E-state index contributed by atoms with van der Waals surface area (Å²) in [5, 5.41) is 6.26. The lowest BCUT2D eigenvalue weighted by Gasteiger charge is -2.43. The predicted molar refractivity (Wildman–Crippen MR) is 182 cm³/mol. The number of nitrogens with zero attached hydrogens (tertiary/aromatic N) is 7. The van der Waals surface area contributed by atoms with Gasteiger partial charge in [-0.3, -0.25) is 14.9 Å².